The van der Waals surface area contributed by atoms with Gasteiger partial charge < -0.3 is 0 Å². The lowest BCUT2D eigenvalue weighted by molar-refractivity contribution is -0.137. The molecule has 0 saturated heterocycles. The van der Waals surface area contributed by atoms with Gasteiger partial charge in [-0.15, -0.1) is 0 Å². The van der Waals surface area contributed by atoms with Gasteiger partial charge in [0.05, 0.1) is 0 Å². The van der Waals surface area contributed by atoms with Crippen LogP contribution in [0.1, 0.15) is 13.3 Å². The Hall–Kier alpha value is -0.900. The largest absolute Gasteiger partial charge is 0.304 e. The van der Waals surface area contributed by atoms with E-state index in [-0.39, 0.29) is 6.42 Å². The van der Waals surface area contributed by atoms with Gasteiger partial charge in [0.25, 0.3) is 0 Å². The first kappa shape index (κ1) is 7.10. The summed E-state index contributed by atoms with van der Waals surface area (Å²) >= 11 is 0. The van der Waals surface area contributed by atoms with E-state index in [4.69, 9.17) is 5.84 Å². The lowest BCUT2D eigenvalue weighted by Crippen LogP contribution is -2.28. The Labute approximate surface area is 47.0 Å². The Kier molecular flexibility index (Phi) is 2.79. The second kappa shape index (κ2) is 3.15. The molecule has 0 aliphatic rings. The summed E-state index contributed by atoms with van der Waals surface area (Å²) in [5, 5.41) is 0. The van der Waals surface area contributed by atoms with Crippen LogP contribution in [0.5, 0.6) is 0 Å². The van der Waals surface area contributed by atoms with Gasteiger partial charge >= 0.3 is 5.91 Å². The van der Waals surface area contributed by atoms with Crippen LogP contribution in [0.2, 0.25) is 0 Å². The summed E-state index contributed by atoms with van der Waals surface area (Å²) in [4.78, 5) is 20.2. The van der Waals surface area contributed by atoms with Gasteiger partial charge in [0.1, 0.15) is 0 Å². The summed E-state index contributed by atoms with van der Waals surface area (Å²) in [7, 11) is 0. The third kappa shape index (κ3) is 1.70. The van der Waals surface area contributed by atoms with E-state index in [2.05, 4.69) is 0 Å². The molecule has 0 unspecified atom stereocenters. The fourth-order valence-electron chi connectivity index (χ4n) is 0.223. The van der Waals surface area contributed by atoms with E-state index in [1.165, 1.54) is 12.3 Å². The molecule has 0 atom stereocenters. The number of hydrogen-bond acceptors (Lipinski definition) is 2. The maximum atomic E-state index is 10.2. The van der Waals surface area contributed by atoms with Crippen molar-refractivity contribution in [2.24, 2.45) is 0 Å². The summed E-state index contributed by atoms with van der Waals surface area (Å²) in [5.74, 6) is 6.25. The molecule has 0 aliphatic heterocycles. The van der Waals surface area contributed by atoms with Crippen LogP contribution < -0.4 is 11.3 Å². The number of nitrogens with zero attached hydrogens (tertiary/aromatic N) is 1. The number of ketones is 1. The van der Waals surface area contributed by atoms with E-state index < -0.39 is 11.7 Å². The van der Waals surface area contributed by atoms with Crippen molar-refractivity contribution in [2.45, 2.75) is 13.3 Å². The number of amides is 1. The quantitative estimate of drug-likeness (QED) is 0.372. The van der Waals surface area contributed by atoms with Crippen LogP contribution in [0.3, 0.4) is 0 Å². The van der Waals surface area contributed by atoms with Crippen molar-refractivity contribution in [1.29, 1.82) is 0 Å². The van der Waals surface area contributed by atoms with Gasteiger partial charge in [-0.2, -0.15) is 0 Å². The number of Topliss-reactive ketones (excluding diaryl/α,β-unsaturated/α-hetero) is 1. The normalized spacial score (nSPS) is 8.25. The fraction of sp³-hybridized carbons (Fsp3) is 0.500. The van der Waals surface area contributed by atoms with E-state index in [1.54, 1.807) is 0 Å². The van der Waals surface area contributed by atoms with Crippen molar-refractivity contribution < 1.29 is 9.59 Å². The van der Waals surface area contributed by atoms with Crippen LogP contribution in [-0.4, -0.2) is 11.7 Å². The first-order valence-corrected chi connectivity index (χ1v) is 2.19. The van der Waals surface area contributed by atoms with Gasteiger partial charge in [0, 0.05) is 6.42 Å². The van der Waals surface area contributed by atoms with Crippen LogP contribution in [0.15, 0.2) is 0 Å². The monoisotopic (exact) mass is 114 g/mol. The number of carbonyl (C=O) groups is 2. The Morgan fingerprint density at radius 2 is 2.12 bits per heavy atom. The number of carbonyl (C=O) groups excluding carboxylic acids is 2. The van der Waals surface area contributed by atoms with E-state index in [0.717, 1.165) is 0 Å². The molecule has 0 bridgehead atoms. The van der Waals surface area contributed by atoms with Gasteiger partial charge in [0.2, 0.25) is 5.78 Å². The zero-order valence-electron chi connectivity index (χ0n) is 4.47. The number of nitrogens with one attached hydrogen (secondary N) is 1. The Morgan fingerprint density at radius 1 is 1.62 bits per heavy atom. The first-order chi connectivity index (χ1) is 3.72. The fourth-order valence-corrected chi connectivity index (χ4v) is 0.223. The summed E-state index contributed by atoms with van der Waals surface area (Å²) in [5.41, 5.74) is 1.23. The predicted octanol–water partition coefficient (Wildman–Crippen LogP) is -0.935. The topological polar surface area (TPSA) is 68.5 Å². The van der Waals surface area contributed by atoms with Crippen molar-refractivity contribution >= 4 is 11.7 Å². The third-order valence-electron chi connectivity index (χ3n) is 0.676. The molecule has 8 heavy (non-hydrogen) atoms. The van der Waals surface area contributed by atoms with Gasteiger partial charge in [-0.05, 0) is 5.84 Å². The maximum absolute atomic E-state index is 10.2. The SMILES string of the molecule is CCC(=O)C(=O)N[N]. The molecule has 0 saturated carbocycles. The van der Waals surface area contributed by atoms with Crippen molar-refractivity contribution in [3.8, 4) is 0 Å². The van der Waals surface area contributed by atoms with Crippen LogP contribution in [0.25, 0.3) is 0 Å². The van der Waals surface area contributed by atoms with Gasteiger partial charge in [-0.25, -0.2) is 5.43 Å². The molecule has 0 aromatic carbocycles. The van der Waals surface area contributed by atoms with Crippen molar-refractivity contribution in [3.05, 3.63) is 0 Å². The van der Waals surface area contributed by atoms with Crippen LogP contribution in [0, 0.1) is 0 Å². The Bertz CT molecular complexity index is 96.6. The molecule has 0 fully saturated rings. The highest BCUT2D eigenvalue weighted by molar-refractivity contribution is 6.35. The van der Waals surface area contributed by atoms with Crippen molar-refractivity contribution in [2.75, 3.05) is 0 Å². The van der Waals surface area contributed by atoms with Crippen LogP contribution in [0.4, 0.5) is 0 Å². The van der Waals surface area contributed by atoms with E-state index >= 15 is 0 Å². The van der Waals surface area contributed by atoms with E-state index in [1.807, 2.05) is 0 Å². The predicted molar refractivity (Wildman–Crippen MR) is 25.6 cm³/mol. The summed E-state index contributed by atoms with van der Waals surface area (Å²) in [6, 6.07) is 0. The highest BCUT2D eigenvalue weighted by Crippen LogP contribution is 1.76. The Balaban J connectivity index is 3.64. The molecule has 0 rings (SSSR count). The van der Waals surface area contributed by atoms with Crippen molar-refractivity contribution in [3.63, 3.8) is 0 Å². The minimum absolute atomic E-state index is 0.117. The van der Waals surface area contributed by atoms with E-state index in [9.17, 15) is 9.59 Å². The molecule has 0 aromatic rings. The molecule has 1 amide bonds. The van der Waals surface area contributed by atoms with Crippen LogP contribution in [-0.2, 0) is 9.59 Å². The number of hydrogen-bond donors (Lipinski definition) is 1. The average Bonchev–Trinajstić information content (AvgIpc) is 1.84. The molecule has 0 spiro atoms. The maximum Gasteiger partial charge on any atom is 0.304 e. The average molecular weight is 114 g/mol. The molecule has 0 aliphatic carbocycles. The van der Waals surface area contributed by atoms with Gasteiger partial charge in [0.15, 0.2) is 0 Å². The smallest absolute Gasteiger partial charge is 0.289 e. The van der Waals surface area contributed by atoms with Crippen LogP contribution >= 0.6 is 0 Å². The summed E-state index contributed by atoms with van der Waals surface area (Å²) in [6.07, 6.45) is 0.117. The lowest BCUT2D eigenvalue weighted by Gasteiger charge is -1.88. The summed E-state index contributed by atoms with van der Waals surface area (Å²) < 4.78 is 0. The second-order valence-electron chi connectivity index (χ2n) is 1.22. The lowest BCUT2D eigenvalue weighted by atomic mass is 10.3. The zero-order valence-corrected chi connectivity index (χ0v) is 4.47. The molecule has 44 valence electrons. The zero-order chi connectivity index (χ0) is 6.57. The second-order valence-corrected chi connectivity index (χ2v) is 1.22. The molecular weight excluding hydrogens is 108 g/mol. The molecule has 4 nitrogen and oxygen atoms in total. The van der Waals surface area contributed by atoms with E-state index in [0.29, 0.717) is 0 Å². The standard InChI is InChI=1S/C4H6N2O2/c1-2-3(7)4(8)6-5/h2H2,1H3,(H,6,8). The highest BCUT2D eigenvalue weighted by atomic mass is 16.2. The third-order valence-corrected chi connectivity index (χ3v) is 0.676. The Morgan fingerprint density at radius 3 is 2.25 bits per heavy atom. The number of rotatable bonds is 2. The molecule has 0 aromatic heterocycles. The van der Waals surface area contributed by atoms with Gasteiger partial charge in [-0.3, -0.25) is 9.59 Å². The summed E-state index contributed by atoms with van der Waals surface area (Å²) in [6.45, 7) is 1.54. The molecular formula is C4H6N2O2. The molecule has 4 heteroatoms. The highest BCUT2D eigenvalue weighted by Gasteiger charge is 2.07. The molecule has 2 radical (unpaired) electrons. The first-order valence-electron chi connectivity index (χ1n) is 2.19. The molecule has 1 N–H and O–H groups in total. The minimum atomic E-state index is -0.951. The van der Waals surface area contributed by atoms with Crippen molar-refractivity contribution in [1.82, 2.24) is 11.3 Å². The molecule has 0 heterocycles. The van der Waals surface area contributed by atoms with Gasteiger partial charge in [-0.1, -0.05) is 6.92 Å². The minimum Gasteiger partial charge on any atom is -0.289 e.